The second-order valence-electron chi connectivity index (χ2n) is 4.41. The first-order chi connectivity index (χ1) is 9.00. The molecular formula is C15H15BrN2O. The molecular weight excluding hydrogens is 304 g/mol. The zero-order chi connectivity index (χ0) is 14.0. The molecule has 0 fully saturated rings. The molecule has 0 spiro atoms. The lowest BCUT2D eigenvalue weighted by atomic mass is 10.1. The maximum atomic E-state index is 12.3. The Morgan fingerprint density at radius 3 is 2.53 bits per heavy atom. The second-order valence-corrected chi connectivity index (χ2v) is 5.26. The third-order valence-electron chi connectivity index (χ3n) is 3.06. The number of halogens is 1. The van der Waals surface area contributed by atoms with E-state index >= 15 is 0 Å². The monoisotopic (exact) mass is 318 g/mol. The van der Waals surface area contributed by atoms with Crippen molar-refractivity contribution in [2.75, 3.05) is 11.1 Å². The average molecular weight is 319 g/mol. The highest BCUT2D eigenvalue weighted by Crippen LogP contribution is 2.25. The molecule has 0 aliphatic carbocycles. The summed E-state index contributed by atoms with van der Waals surface area (Å²) in [5, 5.41) is 2.88. The Morgan fingerprint density at radius 2 is 1.84 bits per heavy atom. The number of nitrogens with one attached hydrogen (secondary N) is 1. The van der Waals surface area contributed by atoms with Crippen LogP contribution in [0.4, 0.5) is 11.4 Å². The van der Waals surface area contributed by atoms with Gasteiger partial charge >= 0.3 is 0 Å². The van der Waals surface area contributed by atoms with Crippen LogP contribution in [0.5, 0.6) is 0 Å². The van der Waals surface area contributed by atoms with Gasteiger partial charge in [0.25, 0.3) is 5.91 Å². The summed E-state index contributed by atoms with van der Waals surface area (Å²) in [6.45, 7) is 3.82. The molecule has 0 bridgehead atoms. The number of carbonyl (C=O) groups excluding carboxylic acids is 1. The summed E-state index contributed by atoms with van der Waals surface area (Å²) >= 11 is 3.42. The van der Waals surface area contributed by atoms with Gasteiger partial charge in [0, 0.05) is 10.0 Å². The summed E-state index contributed by atoms with van der Waals surface area (Å²) in [6, 6.07) is 11.1. The molecule has 0 aliphatic heterocycles. The number of carbonyl (C=O) groups is 1. The number of nitrogen functional groups attached to an aromatic ring is 1. The molecule has 0 unspecified atom stereocenters. The molecule has 2 aromatic rings. The highest BCUT2D eigenvalue weighted by Gasteiger charge is 2.13. The molecule has 19 heavy (non-hydrogen) atoms. The lowest BCUT2D eigenvalue weighted by molar-refractivity contribution is 0.102. The maximum Gasteiger partial charge on any atom is 0.256 e. The van der Waals surface area contributed by atoms with Crippen LogP contribution in [0.2, 0.25) is 0 Å². The first-order valence-electron chi connectivity index (χ1n) is 5.92. The normalized spacial score (nSPS) is 10.3. The van der Waals surface area contributed by atoms with Gasteiger partial charge in [-0.15, -0.1) is 0 Å². The number of para-hydroxylation sites is 1. The minimum Gasteiger partial charge on any atom is -0.397 e. The van der Waals surface area contributed by atoms with Crippen LogP contribution in [-0.2, 0) is 0 Å². The molecule has 0 radical (unpaired) electrons. The summed E-state index contributed by atoms with van der Waals surface area (Å²) in [4.78, 5) is 12.3. The van der Waals surface area contributed by atoms with E-state index in [0.717, 1.165) is 15.6 Å². The number of anilines is 2. The number of amides is 1. The van der Waals surface area contributed by atoms with E-state index in [1.165, 1.54) is 0 Å². The highest BCUT2D eigenvalue weighted by atomic mass is 79.9. The lowest BCUT2D eigenvalue weighted by Crippen LogP contribution is -2.15. The Hall–Kier alpha value is -1.81. The first kappa shape index (κ1) is 13.6. The first-order valence-corrected chi connectivity index (χ1v) is 6.71. The summed E-state index contributed by atoms with van der Waals surface area (Å²) in [5.41, 5.74) is 9.63. The van der Waals surface area contributed by atoms with Crippen molar-refractivity contribution in [3.8, 4) is 0 Å². The minimum atomic E-state index is -0.153. The summed E-state index contributed by atoms with van der Waals surface area (Å²) < 4.78 is 0.915. The lowest BCUT2D eigenvalue weighted by Gasteiger charge is -2.12. The summed E-state index contributed by atoms with van der Waals surface area (Å²) in [5.74, 6) is -0.153. The largest absolute Gasteiger partial charge is 0.397 e. The van der Waals surface area contributed by atoms with Gasteiger partial charge in [-0.2, -0.15) is 0 Å². The van der Waals surface area contributed by atoms with Gasteiger partial charge in [-0.1, -0.05) is 34.1 Å². The molecule has 2 aromatic carbocycles. The number of hydrogen-bond donors (Lipinski definition) is 2. The van der Waals surface area contributed by atoms with Crippen molar-refractivity contribution in [1.82, 2.24) is 0 Å². The van der Waals surface area contributed by atoms with Crippen molar-refractivity contribution in [1.29, 1.82) is 0 Å². The van der Waals surface area contributed by atoms with Crippen LogP contribution in [0.3, 0.4) is 0 Å². The molecule has 1 amide bonds. The number of benzene rings is 2. The van der Waals surface area contributed by atoms with Crippen LogP contribution >= 0.6 is 15.9 Å². The highest BCUT2D eigenvalue weighted by molar-refractivity contribution is 9.10. The third-order valence-corrected chi connectivity index (χ3v) is 3.91. The predicted octanol–water partition coefficient (Wildman–Crippen LogP) is 3.90. The van der Waals surface area contributed by atoms with Crippen LogP contribution in [0.15, 0.2) is 40.9 Å². The van der Waals surface area contributed by atoms with Gasteiger partial charge < -0.3 is 11.1 Å². The Labute approximate surface area is 121 Å². The van der Waals surface area contributed by atoms with Crippen molar-refractivity contribution in [3.05, 3.63) is 57.6 Å². The Bertz CT molecular complexity index is 618. The molecule has 0 saturated carbocycles. The fraction of sp³-hybridized carbons (Fsp3) is 0.133. The SMILES string of the molecule is Cc1cccc(N)c1NC(=O)c1cccc(Br)c1C. The van der Waals surface area contributed by atoms with Crippen molar-refractivity contribution in [2.24, 2.45) is 0 Å². The number of hydrogen-bond acceptors (Lipinski definition) is 2. The van der Waals surface area contributed by atoms with Gasteiger partial charge in [-0.25, -0.2) is 0 Å². The van der Waals surface area contributed by atoms with E-state index in [2.05, 4.69) is 21.2 Å². The average Bonchev–Trinajstić information content (AvgIpc) is 2.37. The van der Waals surface area contributed by atoms with Gasteiger partial charge in [-0.05, 0) is 43.2 Å². The standard InChI is InChI=1S/C15H15BrN2O/c1-9-5-3-8-13(17)14(9)18-15(19)11-6-4-7-12(16)10(11)2/h3-8H,17H2,1-2H3,(H,18,19). The molecule has 0 aliphatic rings. The van der Waals surface area contributed by atoms with Crippen LogP contribution < -0.4 is 11.1 Å². The van der Waals surface area contributed by atoms with E-state index < -0.39 is 0 Å². The molecule has 4 heteroatoms. The number of rotatable bonds is 2. The molecule has 0 heterocycles. The number of aryl methyl sites for hydroxylation is 1. The fourth-order valence-electron chi connectivity index (χ4n) is 1.90. The quantitative estimate of drug-likeness (QED) is 0.825. The van der Waals surface area contributed by atoms with E-state index in [1.54, 1.807) is 12.1 Å². The van der Waals surface area contributed by atoms with Gasteiger partial charge in [0.2, 0.25) is 0 Å². The van der Waals surface area contributed by atoms with E-state index in [4.69, 9.17) is 5.73 Å². The van der Waals surface area contributed by atoms with Gasteiger partial charge in [0.05, 0.1) is 11.4 Å². The van der Waals surface area contributed by atoms with E-state index in [1.807, 2.05) is 38.1 Å². The molecule has 2 rings (SSSR count). The van der Waals surface area contributed by atoms with Gasteiger partial charge in [0.15, 0.2) is 0 Å². The zero-order valence-electron chi connectivity index (χ0n) is 10.8. The van der Waals surface area contributed by atoms with E-state index in [9.17, 15) is 4.79 Å². The molecule has 0 saturated heterocycles. The maximum absolute atomic E-state index is 12.3. The second kappa shape index (κ2) is 5.45. The Balaban J connectivity index is 2.34. The van der Waals surface area contributed by atoms with Crippen molar-refractivity contribution in [2.45, 2.75) is 13.8 Å². The third kappa shape index (κ3) is 2.79. The molecule has 3 N–H and O–H groups in total. The fourth-order valence-corrected chi connectivity index (χ4v) is 2.26. The molecule has 3 nitrogen and oxygen atoms in total. The Morgan fingerprint density at radius 1 is 1.16 bits per heavy atom. The molecule has 0 atom stereocenters. The zero-order valence-corrected chi connectivity index (χ0v) is 12.4. The molecule has 0 aromatic heterocycles. The van der Waals surface area contributed by atoms with Crippen LogP contribution in [0.25, 0.3) is 0 Å². The predicted molar refractivity (Wildman–Crippen MR) is 82.4 cm³/mol. The van der Waals surface area contributed by atoms with Crippen LogP contribution in [0, 0.1) is 13.8 Å². The summed E-state index contributed by atoms with van der Waals surface area (Å²) in [6.07, 6.45) is 0. The van der Waals surface area contributed by atoms with Crippen molar-refractivity contribution < 1.29 is 4.79 Å². The van der Waals surface area contributed by atoms with E-state index in [0.29, 0.717) is 16.9 Å². The van der Waals surface area contributed by atoms with Crippen LogP contribution in [-0.4, -0.2) is 5.91 Å². The van der Waals surface area contributed by atoms with Crippen molar-refractivity contribution in [3.63, 3.8) is 0 Å². The van der Waals surface area contributed by atoms with Crippen molar-refractivity contribution >= 4 is 33.2 Å². The van der Waals surface area contributed by atoms with Crippen LogP contribution in [0.1, 0.15) is 21.5 Å². The van der Waals surface area contributed by atoms with Gasteiger partial charge in [0.1, 0.15) is 0 Å². The molecule has 98 valence electrons. The van der Waals surface area contributed by atoms with E-state index in [-0.39, 0.29) is 5.91 Å². The topological polar surface area (TPSA) is 55.1 Å². The Kier molecular flexibility index (Phi) is 3.90. The summed E-state index contributed by atoms with van der Waals surface area (Å²) in [7, 11) is 0. The number of nitrogens with two attached hydrogens (primary N) is 1. The van der Waals surface area contributed by atoms with Gasteiger partial charge in [-0.3, -0.25) is 4.79 Å². The smallest absolute Gasteiger partial charge is 0.256 e. The minimum absolute atomic E-state index is 0.153.